The predicted octanol–water partition coefficient (Wildman–Crippen LogP) is 1.57. The quantitative estimate of drug-likeness (QED) is 0.361. The Morgan fingerprint density at radius 1 is 1.00 bits per heavy atom. The van der Waals surface area contributed by atoms with Crippen molar-refractivity contribution in [2.24, 2.45) is 10.2 Å². The molecule has 0 spiro atoms. The highest BCUT2D eigenvalue weighted by Crippen LogP contribution is 2.29. The molecule has 2 aromatic rings. The van der Waals surface area contributed by atoms with Crippen LogP contribution in [0.4, 0.5) is 17.1 Å². The van der Waals surface area contributed by atoms with Crippen LogP contribution in [0.2, 0.25) is 0 Å². The van der Waals surface area contributed by atoms with Crippen molar-refractivity contribution in [2.75, 3.05) is 5.73 Å². The third-order valence-electron chi connectivity index (χ3n) is 4.76. The van der Waals surface area contributed by atoms with E-state index in [0.717, 1.165) is 5.56 Å². The molecule has 0 radical (unpaired) electrons. The van der Waals surface area contributed by atoms with Gasteiger partial charge in [0.25, 0.3) is 0 Å². The van der Waals surface area contributed by atoms with Gasteiger partial charge in [-0.1, -0.05) is 0 Å². The molecule has 10 heteroatoms. The van der Waals surface area contributed by atoms with Crippen LogP contribution in [0.25, 0.3) is 0 Å². The first kappa shape index (κ1) is 21.7. The van der Waals surface area contributed by atoms with E-state index in [1.165, 1.54) is 0 Å². The Morgan fingerprint density at radius 2 is 1.73 bits per heavy atom. The number of ether oxygens (including phenoxy) is 2. The number of rotatable bonds is 5. The summed E-state index contributed by atoms with van der Waals surface area (Å²) >= 11 is 0. The molecule has 0 saturated carbocycles. The van der Waals surface area contributed by atoms with E-state index in [0.29, 0.717) is 22.6 Å². The molecule has 2 aromatic carbocycles. The van der Waals surface area contributed by atoms with E-state index in [2.05, 4.69) is 10.2 Å². The molecule has 0 amide bonds. The van der Waals surface area contributed by atoms with Crippen LogP contribution in [0.1, 0.15) is 11.1 Å². The zero-order valence-corrected chi connectivity index (χ0v) is 16.3. The summed E-state index contributed by atoms with van der Waals surface area (Å²) in [6.45, 7) is 3.64. The minimum Gasteiger partial charge on any atom is -0.479 e. The molecule has 0 unspecified atom stereocenters. The Hall–Kier alpha value is -3.05. The van der Waals surface area contributed by atoms with Gasteiger partial charge in [-0.15, -0.1) is 0 Å². The van der Waals surface area contributed by atoms with E-state index in [1.54, 1.807) is 37.3 Å². The van der Waals surface area contributed by atoms with Gasteiger partial charge < -0.3 is 35.6 Å². The number of benzene rings is 2. The molecular formula is C20H23N3O7. The van der Waals surface area contributed by atoms with Crippen molar-refractivity contribution in [2.45, 2.75) is 44.6 Å². The smallest absolute Gasteiger partial charge is 0.335 e. The molecule has 160 valence electrons. The number of nitrogens with two attached hydrogens (primary N) is 1. The number of hydrogen-bond donors (Lipinski definition) is 5. The predicted molar refractivity (Wildman–Crippen MR) is 106 cm³/mol. The van der Waals surface area contributed by atoms with Crippen molar-refractivity contribution in [3.05, 3.63) is 47.5 Å². The summed E-state index contributed by atoms with van der Waals surface area (Å²) < 4.78 is 10.6. The molecule has 10 nitrogen and oxygen atoms in total. The lowest BCUT2D eigenvalue weighted by Crippen LogP contribution is -2.61. The van der Waals surface area contributed by atoms with E-state index < -0.39 is 36.7 Å². The third kappa shape index (κ3) is 4.57. The summed E-state index contributed by atoms with van der Waals surface area (Å²) in [7, 11) is 0. The van der Waals surface area contributed by atoms with E-state index in [9.17, 15) is 20.1 Å². The fourth-order valence-corrected chi connectivity index (χ4v) is 2.93. The zero-order chi connectivity index (χ0) is 22.0. The molecule has 0 aromatic heterocycles. The maximum Gasteiger partial charge on any atom is 0.335 e. The Labute approximate surface area is 172 Å². The molecule has 30 heavy (non-hydrogen) atoms. The van der Waals surface area contributed by atoms with Crippen LogP contribution in [0.15, 0.2) is 46.6 Å². The van der Waals surface area contributed by atoms with E-state index in [1.807, 2.05) is 13.0 Å². The van der Waals surface area contributed by atoms with E-state index >= 15 is 0 Å². The van der Waals surface area contributed by atoms with E-state index in [-0.39, 0.29) is 5.75 Å². The highest BCUT2D eigenvalue weighted by atomic mass is 16.7. The Morgan fingerprint density at radius 3 is 2.37 bits per heavy atom. The Kier molecular flexibility index (Phi) is 6.32. The normalized spacial score (nSPS) is 26.6. The SMILES string of the molecule is Cc1cc(N=Nc2ccc(O[C@@H]3O[C@H](C(=O)O)[C@@H](O)[C@H](O)[C@H]3O)cc2C)ccc1N. The lowest BCUT2D eigenvalue weighted by molar-refractivity contribution is -0.271. The van der Waals surface area contributed by atoms with Crippen LogP contribution in [-0.4, -0.2) is 57.1 Å². The van der Waals surface area contributed by atoms with Crippen molar-refractivity contribution in [3.8, 4) is 5.75 Å². The number of carboxylic acids is 1. The summed E-state index contributed by atoms with van der Waals surface area (Å²) in [4.78, 5) is 11.2. The zero-order valence-electron chi connectivity index (χ0n) is 16.3. The second-order valence-electron chi connectivity index (χ2n) is 7.04. The molecule has 0 bridgehead atoms. The fraction of sp³-hybridized carbons (Fsp3) is 0.350. The molecular weight excluding hydrogens is 394 g/mol. The van der Waals surface area contributed by atoms with Gasteiger partial charge >= 0.3 is 5.97 Å². The number of carboxylic acid groups (broad SMARTS) is 1. The van der Waals surface area contributed by atoms with Crippen molar-refractivity contribution in [1.29, 1.82) is 0 Å². The Balaban J connectivity index is 1.74. The van der Waals surface area contributed by atoms with E-state index in [4.69, 9.17) is 20.3 Å². The monoisotopic (exact) mass is 417 g/mol. The molecule has 1 heterocycles. The number of aliphatic hydroxyl groups excluding tert-OH is 3. The maximum atomic E-state index is 11.2. The molecule has 1 aliphatic heterocycles. The number of aliphatic carboxylic acids is 1. The van der Waals surface area contributed by atoms with Gasteiger partial charge in [-0.2, -0.15) is 10.2 Å². The lowest BCUT2D eigenvalue weighted by atomic mass is 9.99. The van der Waals surface area contributed by atoms with Crippen LogP contribution in [0.3, 0.4) is 0 Å². The number of anilines is 1. The molecule has 1 aliphatic rings. The second kappa shape index (κ2) is 8.76. The van der Waals surface area contributed by atoms with Gasteiger partial charge in [0.05, 0.1) is 11.4 Å². The number of azo groups is 1. The summed E-state index contributed by atoms with van der Waals surface area (Å²) in [5.41, 5.74) is 9.26. The van der Waals surface area contributed by atoms with Crippen molar-refractivity contribution in [1.82, 2.24) is 0 Å². The van der Waals surface area contributed by atoms with Crippen molar-refractivity contribution >= 4 is 23.0 Å². The summed E-state index contributed by atoms with van der Waals surface area (Å²) in [5.74, 6) is -1.22. The third-order valence-corrected chi connectivity index (χ3v) is 4.76. The van der Waals surface area contributed by atoms with Crippen LogP contribution < -0.4 is 10.5 Å². The van der Waals surface area contributed by atoms with Gasteiger partial charge in [-0.3, -0.25) is 0 Å². The number of nitrogens with zero attached hydrogens (tertiary/aromatic N) is 2. The van der Waals surface area contributed by atoms with Gasteiger partial charge in [0, 0.05) is 5.69 Å². The summed E-state index contributed by atoms with van der Waals surface area (Å²) in [6.07, 6.45) is -8.36. The number of aliphatic hydroxyl groups is 3. The highest BCUT2D eigenvalue weighted by Gasteiger charge is 2.48. The minimum atomic E-state index is -1.78. The number of nitrogen functional groups attached to an aromatic ring is 1. The number of aryl methyl sites for hydroxylation is 2. The summed E-state index contributed by atoms with van der Waals surface area (Å²) in [6, 6.07) is 10.1. The van der Waals surface area contributed by atoms with Gasteiger partial charge in [0.2, 0.25) is 6.29 Å². The van der Waals surface area contributed by atoms with Gasteiger partial charge in [0.1, 0.15) is 24.1 Å². The van der Waals surface area contributed by atoms with Crippen molar-refractivity contribution in [3.63, 3.8) is 0 Å². The first-order valence-corrected chi connectivity index (χ1v) is 9.15. The topological polar surface area (TPSA) is 167 Å². The average Bonchev–Trinajstić information content (AvgIpc) is 2.70. The first-order chi connectivity index (χ1) is 14.2. The maximum absolute atomic E-state index is 11.2. The van der Waals surface area contributed by atoms with Crippen LogP contribution >= 0.6 is 0 Å². The molecule has 3 rings (SSSR count). The number of carbonyl (C=O) groups is 1. The van der Waals surface area contributed by atoms with Crippen molar-refractivity contribution < 1.29 is 34.7 Å². The number of hydrogen-bond acceptors (Lipinski definition) is 9. The van der Waals surface area contributed by atoms with Gasteiger partial charge in [-0.25, -0.2) is 4.79 Å². The molecule has 1 saturated heterocycles. The van der Waals surface area contributed by atoms with Gasteiger partial charge in [0.15, 0.2) is 6.10 Å². The largest absolute Gasteiger partial charge is 0.479 e. The highest BCUT2D eigenvalue weighted by molar-refractivity contribution is 5.73. The average molecular weight is 417 g/mol. The lowest BCUT2D eigenvalue weighted by Gasteiger charge is -2.38. The summed E-state index contributed by atoms with van der Waals surface area (Å²) in [5, 5.41) is 47.1. The molecule has 1 fully saturated rings. The molecule has 0 aliphatic carbocycles. The first-order valence-electron chi connectivity index (χ1n) is 9.15. The second-order valence-corrected chi connectivity index (χ2v) is 7.04. The minimum absolute atomic E-state index is 0.256. The fourth-order valence-electron chi connectivity index (χ4n) is 2.93. The Bertz CT molecular complexity index is 965. The standard InChI is InChI=1S/C20H23N3O7/c1-9-7-11(3-5-13(9)21)22-23-14-6-4-12(8-10(14)2)29-20-17(26)15(24)16(25)18(30-20)19(27)28/h3-8,15-18,20,24-26H,21H2,1-2H3,(H,27,28)/t15-,16-,17+,18-,20+/m0/s1. The van der Waals surface area contributed by atoms with Gasteiger partial charge in [-0.05, 0) is 61.4 Å². The molecule has 5 atom stereocenters. The van der Waals surface area contributed by atoms with Crippen LogP contribution in [-0.2, 0) is 9.53 Å². The van der Waals surface area contributed by atoms with Crippen LogP contribution in [0.5, 0.6) is 5.75 Å². The van der Waals surface area contributed by atoms with Crippen LogP contribution in [0, 0.1) is 13.8 Å². The molecule has 6 N–H and O–H groups in total.